The zero-order valence-corrected chi connectivity index (χ0v) is 11.3. The molecule has 0 aliphatic rings. The topological polar surface area (TPSA) is 91.2 Å². The van der Waals surface area contributed by atoms with E-state index in [2.05, 4.69) is 11.9 Å². The quantitative estimate of drug-likeness (QED) is 0.874. The number of aryl methyl sites for hydroxylation is 1. The Morgan fingerprint density at radius 3 is 2.50 bits per heavy atom. The molecule has 0 bridgehead atoms. The predicted octanol–water partition coefficient (Wildman–Crippen LogP) is 2.51. The van der Waals surface area contributed by atoms with Crippen molar-refractivity contribution in [2.24, 2.45) is 5.73 Å². The number of carbonyl (C=O) groups excluding carboxylic acids is 1. The van der Waals surface area contributed by atoms with Crippen molar-refractivity contribution in [2.45, 2.75) is 19.8 Å². The van der Waals surface area contributed by atoms with Crippen LogP contribution in [0.15, 0.2) is 36.4 Å². The number of primary amides is 1. The van der Waals surface area contributed by atoms with E-state index in [0.717, 1.165) is 12.8 Å². The van der Waals surface area contributed by atoms with Crippen LogP contribution in [0, 0.1) is 0 Å². The number of anilines is 1. The summed E-state index contributed by atoms with van der Waals surface area (Å²) in [7, 11) is 0. The number of benzene rings is 1. The van der Waals surface area contributed by atoms with Crippen molar-refractivity contribution >= 4 is 11.6 Å². The Kier molecular flexibility index (Phi) is 4.20. The molecule has 0 spiro atoms. The number of hydrogen-bond donors (Lipinski definition) is 2. The van der Waals surface area contributed by atoms with Crippen LogP contribution in [0.2, 0.25) is 0 Å². The van der Waals surface area contributed by atoms with Gasteiger partial charge in [0.05, 0.1) is 5.69 Å². The van der Waals surface area contributed by atoms with E-state index in [-0.39, 0.29) is 11.6 Å². The molecule has 1 aromatic heterocycles. The highest BCUT2D eigenvalue weighted by molar-refractivity contribution is 5.91. The lowest BCUT2D eigenvalue weighted by atomic mass is 10.1. The van der Waals surface area contributed by atoms with Gasteiger partial charge in [-0.25, -0.2) is 4.98 Å². The van der Waals surface area contributed by atoms with Crippen molar-refractivity contribution in [1.29, 1.82) is 0 Å². The third-order valence-electron chi connectivity index (χ3n) is 2.82. The molecule has 104 valence electrons. The second-order valence-electron chi connectivity index (χ2n) is 4.45. The van der Waals surface area contributed by atoms with Gasteiger partial charge in [0.25, 0.3) is 5.91 Å². The van der Waals surface area contributed by atoms with Crippen LogP contribution in [0.1, 0.15) is 29.4 Å². The molecule has 0 atom stereocenters. The molecule has 1 amide bonds. The molecule has 2 rings (SSSR count). The summed E-state index contributed by atoms with van der Waals surface area (Å²) in [6.45, 7) is 2.13. The molecule has 0 aliphatic heterocycles. The molecular formula is C15H17N3O2. The minimum absolute atomic E-state index is 0.122. The van der Waals surface area contributed by atoms with Crippen molar-refractivity contribution < 1.29 is 9.53 Å². The average Bonchev–Trinajstić information content (AvgIpc) is 2.43. The molecule has 0 saturated carbocycles. The zero-order chi connectivity index (χ0) is 14.5. The maximum absolute atomic E-state index is 11.1. The van der Waals surface area contributed by atoms with E-state index >= 15 is 0 Å². The number of nitrogens with zero attached hydrogens (tertiary/aromatic N) is 1. The summed E-state index contributed by atoms with van der Waals surface area (Å²) in [5, 5.41) is 0. The summed E-state index contributed by atoms with van der Waals surface area (Å²) in [6.07, 6.45) is 2.12. The Labute approximate surface area is 117 Å². The van der Waals surface area contributed by atoms with Crippen molar-refractivity contribution in [3.63, 3.8) is 0 Å². The van der Waals surface area contributed by atoms with E-state index in [0.29, 0.717) is 11.4 Å². The van der Waals surface area contributed by atoms with E-state index < -0.39 is 5.91 Å². The summed E-state index contributed by atoms with van der Waals surface area (Å²) in [5.41, 5.74) is 12.7. The van der Waals surface area contributed by atoms with Gasteiger partial charge in [0.1, 0.15) is 11.4 Å². The Hall–Kier alpha value is -2.56. The van der Waals surface area contributed by atoms with Gasteiger partial charge >= 0.3 is 0 Å². The Morgan fingerprint density at radius 2 is 1.90 bits per heavy atom. The number of ether oxygens (including phenoxy) is 1. The van der Waals surface area contributed by atoms with E-state index in [1.807, 2.05) is 24.3 Å². The molecule has 5 heteroatoms. The largest absolute Gasteiger partial charge is 0.437 e. The molecule has 2 aromatic rings. The maximum Gasteiger partial charge on any atom is 0.267 e. The van der Waals surface area contributed by atoms with Gasteiger partial charge in [-0.15, -0.1) is 0 Å². The number of amides is 1. The molecule has 1 aromatic carbocycles. The first-order chi connectivity index (χ1) is 9.60. The standard InChI is InChI=1S/C15H17N3O2/c1-2-3-10-4-6-11(7-5-10)20-15-12(16)8-9-13(18-15)14(17)19/h4-9H,2-3,16H2,1H3,(H2,17,19). The van der Waals surface area contributed by atoms with Gasteiger partial charge in [-0.2, -0.15) is 0 Å². The lowest BCUT2D eigenvalue weighted by Gasteiger charge is -2.08. The van der Waals surface area contributed by atoms with Gasteiger partial charge < -0.3 is 16.2 Å². The Morgan fingerprint density at radius 1 is 1.20 bits per heavy atom. The molecule has 4 N–H and O–H groups in total. The normalized spacial score (nSPS) is 10.2. The van der Waals surface area contributed by atoms with Gasteiger partial charge in [-0.1, -0.05) is 25.5 Å². The lowest BCUT2D eigenvalue weighted by Crippen LogP contribution is -2.13. The van der Waals surface area contributed by atoms with Crippen LogP contribution >= 0.6 is 0 Å². The number of hydrogen-bond acceptors (Lipinski definition) is 4. The third kappa shape index (κ3) is 3.26. The van der Waals surface area contributed by atoms with Crippen LogP contribution in [0.3, 0.4) is 0 Å². The first kappa shape index (κ1) is 13.9. The highest BCUT2D eigenvalue weighted by Crippen LogP contribution is 2.25. The van der Waals surface area contributed by atoms with Gasteiger partial charge in [-0.05, 0) is 36.2 Å². The van der Waals surface area contributed by atoms with Gasteiger partial charge in [0.15, 0.2) is 0 Å². The minimum atomic E-state index is -0.617. The summed E-state index contributed by atoms with van der Waals surface area (Å²) < 4.78 is 5.59. The molecule has 20 heavy (non-hydrogen) atoms. The van der Waals surface area contributed by atoms with E-state index in [1.54, 1.807) is 6.07 Å². The fourth-order valence-corrected chi connectivity index (χ4v) is 1.79. The number of rotatable bonds is 5. The minimum Gasteiger partial charge on any atom is -0.437 e. The SMILES string of the molecule is CCCc1ccc(Oc2nc(C(N)=O)ccc2N)cc1. The highest BCUT2D eigenvalue weighted by atomic mass is 16.5. The van der Waals surface area contributed by atoms with Crippen LogP contribution < -0.4 is 16.2 Å². The summed E-state index contributed by atoms with van der Waals surface area (Å²) >= 11 is 0. The molecule has 5 nitrogen and oxygen atoms in total. The number of pyridine rings is 1. The van der Waals surface area contributed by atoms with E-state index in [9.17, 15) is 4.79 Å². The van der Waals surface area contributed by atoms with Crippen molar-refractivity contribution in [3.8, 4) is 11.6 Å². The summed E-state index contributed by atoms with van der Waals surface area (Å²) in [5.74, 6) is 0.184. The second-order valence-corrected chi connectivity index (χ2v) is 4.45. The van der Waals surface area contributed by atoms with Gasteiger partial charge in [0.2, 0.25) is 5.88 Å². The molecule has 1 heterocycles. The predicted molar refractivity (Wildman–Crippen MR) is 77.7 cm³/mol. The highest BCUT2D eigenvalue weighted by Gasteiger charge is 2.09. The van der Waals surface area contributed by atoms with Crippen molar-refractivity contribution in [1.82, 2.24) is 4.98 Å². The fourth-order valence-electron chi connectivity index (χ4n) is 1.79. The number of nitrogen functional groups attached to an aromatic ring is 1. The number of carbonyl (C=O) groups is 1. The molecule has 0 unspecified atom stereocenters. The molecule has 0 aliphatic carbocycles. The van der Waals surface area contributed by atoms with E-state index in [4.69, 9.17) is 16.2 Å². The van der Waals surface area contributed by atoms with Crippen LogP contribution in [0.25, 0.3) is 0 Å². The Balaban J connectivity index is 2.20. The smallest absolute Gasteiger partial charge is 0.267 e. The first-order valence-electron chi connectivity index (χ1n) is 6.43. The van der Waals surface area contributed by atoms with Crippen LogP contribution in [0.5, 0.6) is 11.6 Å². The van der Waals surface area contributed by atoms with Crippen LogP contribution in [-0.4, -0.2) is 10.9 Å². The van der Waals surface area contributed by atoms with Crippen LogP contribution in [0.4, 0.5) is 5.69 Å². The van der Waals surface area contributed by atoms with Crippen molar-refractivity contribution in [3.05, 3.63) is 47.7 Å². The number of nitrogens with two attached hydrogens (primary N) is 2. The monoisotopic (exact) mass is 271 g/mol. The third-order valence-corrected chi connectivity index (χ3v) is 2.82. The fraction of sp³-hybridized carbons (Fsp3) is 0.200. The molecule has 0 radical (unpaired) electrons. The van der Waals surface area contributed by atoms with Crippen molar-refractivity contribution in [2.75, 3.05) is 5.73 Å². The second kappa shape index (κ2) is 6.06. The maximum atomic E-state index is 11.1. The van der Waals surface area contributed by atoms with E-state index in [1.165, 1.54) is 11.6 Å². The van der Waals surface area contributed by atoms with Gasteiger partial charge in [-0.3, -0.25) is 4.79 Å². The molecule has 0 fully saturated rings. The first-order valence-corrected chi connectivity index (χ1v) is 6.43. The zero-order valence-electron chi connectivity index (χ0n) is 11.3. The molecular weight excluding hydrogens is 254 g/mol. The lowest BCUT2D eigenvalue weighted by molar-refractivity contribution is 0.0995. The molecule has 0 saturated heterocycles. The van der Waals surface area contributed by atoms with Crippen LogP contribution in [-0.2, 0) is 6.42 Å². The Bertz CT molecular complexity index is 609. The summed E-state index contributed by atoms with van der Waals surface area (Å²) in [6, 6.07) is 10.7. The summed E-state index contributed by atoms with van der Waals surface area (Å²) in [4.78, 5) is 15.1. The number of aromatic nitrogens is 1. The average molecular weight is 271 g/mol. The van der Waals surface area contributed by atoms with Gasteiger partial charge in [0, 0.05) is 0 Å².